The summed E-state index contributed by atoms with van der Waals surface area (Å²) < 4.78 is 37.5. The van der Waals surface area contributed by atoms with Crippen molar-refractivity contribution in [2.24, 2.45) is 5.92 Å². The van der Waals surface area contributed by atoms with Gasteiger partial charge in [0.05, 0.1) is 5.56 Å². The van der Waals surface area contributed by atoms with Crippen LogP contribution in [0.3, 0.4) is 0 Å². The molecule has 1 fully saturated rings. The molecule has 0 aromatic heterocycles. The molecule has 0 spiro atoms. The van der Waals surface area contributed by atoms with E-state index in [-0.39, 0.29) is 12.3 Å². The summed E-state index contributed by atoms with van der Waals surface area (Å²) >= 11 is 0. The van der Waals surface area contributed by atoms with Gasteiger partial charge in [0.2, 0.25) is 0 Å². The summed E-state index contributed by atoms with van der Waals surface area (Å²) in [6, 6.07) is 5.03. The number of carbonyl (C=O) groups is 1. The van der Waals surface area contributed by atoms with Crippen LogP contribution in [0.15, 0.2) is 24.3 Å². The van der Waals surface area contributed by atoms with Crippen LogP contribution < -0.4 is 4.90 Å². The number of nitrogens with zero attached hydrogens (tertiary/aromatic N) is 1. The second-order valence-corrected chi connectivity index (χ2v) is 5.10. The second kappa shape index (κ2) is 5.73. The van der Waals surface area contributed by atoms with E-state index < -0.39 is 17.7 Å². The monoisotopic (exact) mass is 287 g/mol. The number of halogens is 3. The van der Waals surface area contributed by atoms with Gasteiger partial charge in [0.1, 0.15) is 0 Å². The van der Waals surface area contributed by atoms with Gasteiger partial charge in [0, 0.05) is 25.2 Å². The Bertz CT molecular complexity index is 470. The third-order valence-electron chi connectivity index (χ3n) is 3.54. The van der Waals surface area contributed by atoms with Gasteiger partial charge < -0.3 is 10.0 Å². The Morgan fingerprint density at radius 2 is 1.95 bits per heavy atom. The van der Waals surface area contributed by atoms with Gasteiger partial charge in [0.15, 0.2) is 0 Å². The molecule has 1 aromatic rings. The van der Waals surface area contributed by atoms with Crippen molar-refractivity contribution in [2.45, 2.75) is 25.4 Å². The highest BCUT2D eigenvalue weighted by atomic mass is 19.4. The summed E-state index contributed by atoms with van der Waals surface area (Å²) in [7, 11) is 0. The maximum Gasteiger partial charge on any atom is 0.416 e. The van der Waals surface area contributed by atoms with Crippen LogP contribution in [0.25, 0.3) is 0 Å². The Kier molecular flexibility index (Phi) is 4.20. The first kappa shape index (κ1) is 14.7. The van der Waals surface area contributed by atoms with Crippen molar-refractivity contribution < 1.29 is 23.1 Å². The average Bonchev–Trinajstić information content (AvgIpc) is 2.37. The lowest BCUT2D eigenvalue weighted by Crippen LogP contribution is -2.36. The van der Waals surface area contributed by atoms with Crippen LogP contribution in [0.2, 0.25) is 0 Å². The fraction of sp³-hybridized carbons (Fsp3) is 0.500. The SMILES string of the molecule is O=C(O)CC1CCCN(c2ccc(C(F)(F)F)cc2)C1. The van der Waals surface area contributed by atoms with E-state index in [2.05, 4.69) is 0 Å². The van der Waals surface area contributed by atoms with Crippen LogP contribution in [0.4, 0.5) is 18.9 Å². The van der Waals surface area contributed by atoms with Gasteiger partial charge in [-0.1, -0.05) is 0 Å². The molecule has 0 saturated carbocycles. The molecule has 0 radical (unpaired) electrons. The molecule has 0 aliphatic carbocycles. The standard InChI is InChI=1S/C14H16F3NO2/c15-14(16,17)11-3-5-12(6-4-11)18-7-1-2-10(9-18)8-13(19)20/h3-6,10H,1-2,7-9H2,(H,19,20). The molecular weight excluding hydrogens is 271 g/mol. The number of carboxylic acids is 1. The van der Waals surface area contributed by atoms with Gasteiger partial charge in [-0.3, -0.25) is 4.79 Å². The first-order chi connectivity index (χ1) is 9.36. The molecule has 1 aromatic carbocycles. The van der Waals surface area contributed by atoms with Crippen LogP contribution in [0, 0.1) is 5.92 Å². The van der Waals surface area contributed by atoms with Crippen LogP contribution in [-0.4, -0.2) is 24.2 Å². The number of alkyl halides is 3. The molecule has 6 heteroatoms. The van der Waals surface area contributed by atoms with Gasteiger partial charge in [0.25, 0.3) is 0 Å². The van der Waals surface area contributed by atoms with Crippen LogP contribution >= 0.6 is 0 Å². The normalized spacial score (nSPS) is 19.9. The molecule has 1 heterocycles. The lowest BCUT2D eigenvalue weighted by Gasteiger charge is -2.34. The van der Waals surface area contributed by atoms with E-state index in [0.29, 0.717) is 12.2 Å². The predicted molar refractivity (Wildman–Crippen MR) is 68.6 cm³/mol. The Balaban J connectivity index is 2.05. The first-order valence-electron chi connectivity index (χ1n) is 6.50. The van der Waals surface area contributed by atoms with Crippen molar-refractivity contribution in [1.29, 1.82) is 0 Å². The second-order valence-electron chi connectivity index (χ2n) is 5.10. The molecule has 2 rings (SSSR count). The van der Waals surface area contributed by atoms with Crippen molar-refractivity contribution >= 4 is 11.7 Å². The van der Waals surface area contributed by atoms with Crippen molar-refractivity contribution in [3.8, 4) is 0 Å². The number of hydrogen-bond donors (Lipinski definition) is 1. The van der Waals surface area contributed by atoms with E-state index in [0.717, 1.165) is 31.5 Å². The molecule has 0 bridgehead atoms. The Morgan fingerprint density at radius 1 is 1.30 bits per heavy atom. The zero-order chi connectivity index (χ0) is 14.8. The summed E-state index contributed by atoms with van der Waals surface area (Å²) in [5, 5.41) is 8.80. The summed E-state index contributed by atoms with van der Waals surface area (Å²) in [6.07, 6.45) is -2.51. The minimum Gasteiger partial charge on any atom is -0.481 e. The molecule has 1 unspecified atom stereocenters. The van der Waals surface area contributed by atoms with E-state index >= 15 is 0 Å². The first-order valence-corrected chi connectivity index (χ1v) is 6.50. The number of benzene rings is 1. The van der Waals surface area contributed by atoms with E-state index in [1.54, 1.807) is 0 Å². The van der Waals surface area contributed by atoms with Crippen molar-refractivity contribution in [3.63, 3.8) is 0 Å². The number of rotatable bonds is 3. The largest absolute Gasteiger partial charge is 0.481 e. The maximum atomic E-state index is 12.5. The minimum atomic E-state index is -4.33. The third-order valence-corrected chi connectivity index (χ3v) is 3.54. The van der Waals surface area contributed by atoms with Gasteiger partial charge in [-0.25, -0.2) is 0 Å². The molecule has 0 amide bonds. The quantitative estimate of drug-likeness (QED) is 0.926. The van der Waals surface area contributed by atoms with Crippen molar-refractivity contribution in [2.75, 3.05) is 18.0 Å². The smallest absolute Gasteiger partial charge is 0.416 e. The van der Waals surface area contributed by atoms with Gasteiger partial charge in [-0.2, -0.15) is 13.2 Å². The summed E-state index contributed by atoms with van der Waals surface area (Å²) in [5.74, 6) is -0.771. The fourth-order valence-electron chi connectivity index (χ4n) is 2.57. The minimum absolute atomic E-state index is 0.0588. The van der Waals surface area contributed by atoms with Crippen molar-refractivity contribution in [1.82, 2.24) is 0 Å². The Morgan fingerprint density at radius 3 is 2.50 bits per heavy atom. The molecule has 1 aliphatic rings. The molecule has 1 N–H and O–H groups in total. The Labute approximate surface area is 115 Å². The predicted octanol–water partition coefficient (Wildman–Crippen LogP) is 3.40. The molecule has 1 aliphatic heterocycles. The lowest BCUT2D eigenvalue weighted by atomic mass is 9.94. The van der Waals surface area contributed by atoms with Gasteiger partial charge in [-0.15, -0.1) is 0 Å². The molecule has 1 saturated heterocycles. The number of hydrogen-bond acceptors (Lipinski definition) is 2. The Hall–Kier alpha value is -1.72. The molecule has 110 valence electrons. The van der Waals surface area contributed by atoms with Crippen molar-refractivity contribution in [3.05, 3.63) is 29.8 Å². The maximum absolute atomic E-state index is 12.5. The van der Waals surface area contributed by atoms with Gasteiger partial charge >= 0.3 is 12.1 Å². The lowest BCUT2D eigenvalue weighted by molar-refractivity contribution is -0.138. The van der Waals surface area contributed by atoms with Crippen LogP contribution in [0.1, 0.15) is 24.8 Å². The molecule has 3 nitrogen and oxygen atoms in total. The van der Waals surface area contributed by atoms with E-state index in [4.69, 9.17) is 5.11 Å². The topological polar surface area (TPSA) is 40.5 Å². The highest BCUT2D eigenvalue weighted by Gasteiger charge is 2.30. The zero-order valence-corrected chi connectivity index (χ0v) is 10.9. The number of aliphatic carboxylic acids is 1. The third kappa shape index (κ3) is 3.65. The van der Waals surface area contributed by atoms with Gasteiger partial charge in [-0.05, 0) is 43.0 Å². The molecular formula is C14H16F3NO2. The average molecular weight is 287 g/mol. The summed E-state index contributed by atoms with van der Waals surface area (Å²) in [6.45, 7) is 1.33. The van der Waals surface area contributed by atoms with E-state index in [9.17, 15) is 18.0 Å². The molecule has 1 atom stereocenters. The highest BCUT2D eigenvalue weighted by molar-refractivity contribution is 5.67. The highest BCUT2D eigenvalue weighted by Crippen LogP contribution is 2.31. The van der Waals surface area contributed by atoms with Crippen LogP contribution in [-0.2, 0) is 11.0 Å². The number of carboxylic acid groups (broad SMARTS) is 1. The fourth-order valence-corrected chi connectivity index (χ4v) is 2.57. The van der Waals surface area contributed by atoms with Crippen LogP contribution in [0.5, 0.6) is 0 Å². The number of piperidine rings is 1. The summed E-state index contributed by atoms with van der Waals surface area (Å²) in [5.41, 5.74) is 0.0495. The van der Waals surface area contributed by atoms with E-state index in [1.165, 1.54) is 12.1 Å². The zero-order valence-electron chi connectivity index (χ0n) is 10.9. The molecule has 20 heavy (non-hydrogen) atoms. The number of anilines is 1. The summed E-state index contributed by atoms with van der Waals surface area (Å²) in [4.78, 5) is 12.7. The van der Waals surface area contributed by atoms with E-state index in [1.807, 2.05) is 4.90 Å².